The van der Waals surface area contributed by atoms with Gasteiger partial charge in [-0.15, -0.1) is 24.0 Å². The Morgan fingerprint density at radius 1 is 1.22 bits per heavy atom. The summed E-state index contributed by atoms with van der Waals surface area (Å²) in [6.45, 7) is 2.44. The van der Waals surface area contributed by atoms with Gasteiger partial charge in [0.2, 0.25) is 0 Å². The highest BCUT2D eigenvalue weighted by atomic mass is 127. The maximum Gasteiger partial charge on any atom is 0.411 e. The molecule has 1 saturated heterocycles. The van der Waals surface area contributed by atoms with Crippen molar-refractivity contribution in [2.45, 2.75) is 25.7 Å². The van der Waals surface area contributed by atoms with Gasteiger partial charge in [0, 0.05) is 26.7 Å². The van der Waals surface area contributed by atoms with Crippen LogP contribution in [0.25, 0.3) is 0 Å². The molecule has 0 aromatic heterocycles. The molecule has 9 heteroatoms. The lowest BCUT2D eigenvalue weighted by Crippen LogP contribution is -2.39. The maximum atomic E-state index is 12.1. The van der Waals surface area contributed by atoms with E-state index in [1.807, 2.05) is 12.1 Å². The van der Waals surface area contributed by atoms with Gasteiger partial charge in [-0.25, -0.2) is 0 Å². The highest BCUT2D eigenvalue weighted by Crippen LogP contribution is 2.16. The molecule has 5 nitrogen and oxygen atoms in total. The molecule has 1 atom stereocenters. The van der Waals surface area contributed by atoms with E-state index in [2.05, 4.69) is 32.3 Å². The number of nitrogens with zero attached hydrogens (tertiary/aromatic N) is 2. The van der Waals surface area contributed by atoms with Crippen LogP contribution in [-0.4, -0.2) is 57.4 Å². The van der Waals surface area contributed by atoms with Crippen molar-refractivity contribution in [3.05, 3.63) is 35.4 Å². The first-order valence-electron chi connectivity index (χ1n) is 8.71. The number of halogens is 4. The van der Waals surface area contributed by atoms with Gasteiger partial charge in [-0.2, -0.15) is 13.2 Å². The molecule has 0 spiro atoms. The molecule has 0 radical (unpaired) electrons. The number of hydrogen-bond donors (Lipinski definition) is 2. The van der Waals surface area contributed by atoms with Crippen LogP contribution in [0, 0.1) is 5.92 Å². The Balaban J connectivity index is 0.00000364. The van der Waals surface area contributed by atoms with Gasteiger partial charge in [-0.1, -0.05) is 24.3 Å². The summed E-state index contributed by atoms with van der Waals surface area (Å²) in [7, 11) is 3.86. The van der Waals surface area contributed by atoms with E-state index in [-0.39, 0.29) is 30.6 Å². The molecular weight excluding hydrogens is 472 g/mol. The van der Waals surface area contributed by atoms with Crippen LogP contribution in [0.1, 0.15) is 17.5 Å². The largest absolute Gasteiger partial charge is 0.411 e. The first-order valence-corrected chi connectivity index (χ1v) is 8.71. The van der Waals surface area contributed by atoms with Crippen LogP contribution in [-0.2, 0) is 17.9 Å². The smallest absolute Gasteiger partial charge is 0.367 e. The van der Waals surface area contributed by atoms with E-state index in [0.29, 0.717) is 18.0 Å². The lowest BCUT2D eigenvalue weighted by atomic mass is 10.1. The fourth-order valence-corrected chi connectivity index (χ4v) is 2.88. The number of guanidine groups is 1. The van der Waals surface area contributed by atoms with E-state index in [1.165, 1.54) is 6.42 Å². The number of hydrogen-bond acceptors (Lipinski definition) is 3. The van der Waals surface area contributed by atoms with E-state index in [4.69, 9.17) is 0 Å². The van der Waals surface area contributed by atoms with Crippen LogP contribution in [0.4, 0.5) is 13.2 Å². The predicted octanol–water partition coefficient (Wildman–Crippen LogP) is 3.00. The Morgan fingerprint density at radius 2 is 1.89 bits per heavy atom. The third-order valence-corrected chi connectivity index (χ3v) is 4.29. The summed E-state index contributed by atoms with van der Waals surface area (Å²) in [5, 5.41) is 6.59. The van der Waals surface area contributed by atoms with Crippen LogP contribution < -0.4 is 10.6 Å². The fraction of sp³-hybridized carbons (Fsp3) is 0.611. The van der Waals surface area contributed by atoms with Gasteiger partial charge < -0.3 is 20.3 Å². The maximum absolute atomic E-state index is 12.1. The topological polar surface area (TPSA) is 48.9 Å². The molecule has 1 fully saturated rings. The Morgan fingerprint density at radius 3 is 2.44 bits per heavy atom. The number of benzene rings is 1. The van der Waals surface area contributed by atoms with Crippen LogP contribution in [0.3, 0.4) is 0 Å². The summed E-state index contributed by atoms with van der Waals surface area (Å²) in [6, 6.07) is 7.30. The molecule has 1 aromatic carbocycles. The number of rotatable bonds is 7. The standard InChI is InChI=1S/C18H27F3N4O.HI/c1-22-17(24-10-16-7-8-25(2)11-16)23-9-14-3-5-15(6-4-14)12-26-13-18(19,20)21;/h3-6,16H,7-13H2,1-2H3,(H2,22,23,24);1H. The third-order valence-electron chi connectivity index (χ3n) is 4.29. The summed E-state index contributed by atoms with van der Waals surface area (Å²) in [5.41, 5.74) is 1.74. The van der Waals surface area contributed by atoms with Crippen molar-refractivity contribution in [1.29, 1.82) is 0 Å². The fourth-order valence-electron chi connectivity index (χ4n) is 2.88. The van der Waals surface area contributed by atoms with Crippen molar-refractivity contribution in [2.75, 3.05) is 40.3 Å². The van der Waals surface area contributed by atoms with E-state index in [0.717, 1.165) is 31.2 Å². The molecule has 0 aliphatic carbocycles. The Hall–Kier alpha value is -1.07. The molecule has 2 rings (SSSR count). The second kappa shape index (κ2) is 11.7. The number of alkyl halides is 3. The van der Waals surface area contributed by atoms with E-state index in [1.54, 1.807) is 19.2 Å². The van der Waals surface area contributed by atoms with Crippen LogP contribution in [0.5, 0.6) is 0 Å². The Kier molecular flexibility index (Phi) is 10.4. The van der Waals surface area contributed by atoms with Gasteiger partial charge in [0.1, 0.15) is 6.61 Å². The van der Waals surface area contributed by atoms with E-state index in [9.17, 15) is 13.2 Å². The quantitative estimate of drug-likeness (QED) is 0.344. The number of ether oxygens (including phenoxy) is 1. The summed E-state index contributed by atoms with van der Waals surface area (Å²) < 4.78 is 40.8. The summed E-state index contributed by atoms with van der Waals surface area (Å²) in [5.74, 6) is 1.38. The minimum atomic E-state index is -4.29. The Labute approximate surface area is 175 Å². The summed E-state index contributed by atoms with van der Waals surface area (Å²) in [6.07, 6.45) is -3.10. The number of aliphatic imine (C=N–C) groups is 1. The zero-order valence-corrected chi connectivity index (χ0v) is 18.0. The zero-order valence-electron chi connectivity index (χ0n) is 15.7. The first-order chi connectivity index (χ1) is 12.4. The highest BCUT2D eigenvalue weighted by Gasteiger charge is 2.27. The zero-order chi connectivity index (χ0) is 19.0. The van der Waals surface area contributed by atoms with E-state index < -0.39 is 12.8 Å². The van der Waals surface area contributed by atoms with Gasteiger partial charge >= 0.3 is 6.18 Å². The van der Waals surface area contributed by atoms with E-state index >= 15 is 0 Å². The molecule has 1 heterocycles. The van der Waals surface area contributed by atoms with Crippen LogP contribution in [0.2, 0.25) is 0 Å². The molecule has 27 heavy (non-hydrogen) atoms. The molecular formula is C18H28F3IN4O. The van der Waals surface area contributed by atoms with Crippen molar-refractivity contribution >= 4 is 29.9 Å². The Bertz CT molecular complexity index is 581. The average molecular weight is 500 g/mol. The number of likely N-dealkylation sites (tertiary alicyclic amines) is 1. The van der Waals surface area contributed by atoms with Crippen molar-refractivity contribution in [3.63, 3.8) is 0 Å². The normalized spacial score (nSPS) is 18.3. The van der Waals surface area contributed by atoms with Crippen molar-refractivity contribution in [2.24, 2.45) is 10.9 Å². The molecule has 1 aliphatic heterocycles. The molecule has 154 valence electrons. The minimum absolute atomic E-state index is 0. The van der Waals surface area contributed by atoms with Crippen LogP contribution in [0.15, 0.2) is 29.3 Å². The lowest BCUT2D eigenvalue weighted by Gasteiger charge is -2.15. The third kappa shape index (κ3) is 9.61. The summed E-state index contributed by atoms with van der Waals surface area (Å²) >= 11 is 0. The van der Waals surface area contributed by atoms with Crippen molar-refractivity contribution in [3.8, 4) is 0 Å². The summed E-state index contributed by atoms with van der Waals surface area (Å²) in [4.78, 5) is 6.54. The van der Waals surface area contributed by atoms with Gasteiger partial charge in [0.15, 0.2) is 5.96 Å². The second-order valence-corrected chi connectivity index (χ2v) is 6.65. The van der Waals surface area contributed by atoms with Crippen LogP contribution >= 0.6 is 24.0 Å². The molecule has 0 saturated carbocycles. The molecule has 1 aromatic rings. The number of nitrogens with one attached hydrogen (secondary N) is 2. The monoisotopic (exact) mass is 500 g/mol. The molecule has 1 unspecified atom stereocenters. The van der Waals surface area contributed by atoms with Gasteiger partial charge in [0.25, 0.3) is 0 Å². The first kappa shape index (κ1) is 24.0. The van der Waals surface area contributed by atoms with Crippen molar-refractivity contribution in [1.82, 2.24) is 15.5 Å². The molecule has 0 bridgehead atoms. The lowest BCUT2D eigenvalue weighted by molar-refractivity contribution is -0.176. The van der Waals surface area contributed by atoms with Gasteiger partial charge in [-0.3, -0.25) is 4.99 Å². The molecule has 2 N–H and O–H groups in total. The second-order valence-electron chi connectivity index (χ2n) is 6.65. The SMILES string of the molecule is CN=C(NCc1ccc(COCC(F)(F)F)cc1)NCC1CCN(C)C1.I. The minimum Gasteiger partial charge on any atom is -0.367 e. The highest BCUT2D eigenvalue weighted by molar-refractivity contribution is 14.0. The van der Waals surface area contributed by atoms with Crippen molar-refractivity contribution < 1.29 is 17.9 Å². The average Bonchev–Trinajstić information content (AvgIpc) is 3.00. The van der Waals surface area contributed by atoms with Gasteiger partial charge in [0.05, 0.1) is 6.61 Å². The van der Waals surface area contributed by atoms with Gasteiger partial charge in [-0.05, 0) is 37.1 Å². The molecule has 0 amide bonds. The molecule has 1 aliphatic rings. The predicted molar refractivity (Wildman–Crippen MR) is 111 cm³/mol.